The number of anilines is 1. The molecular formula is C12H19N3O3S. The van der Waals surface area contributed by atoms with Gasteiger partial charge in [0.2, 0.25) is 10.0 Å². The SMILES string of the molecule is COc1ccc(N)cc1S(=O)(=O)NC1CCN(C)C1. The first-order chi connectivity index (χ1) is 8.92. The Bertz CT molecular complexity index is 559. The second-order valence-corrected chi connectivity index (χ2v) is 6.46. The zero-order chi connectivity index (χ0) is 14.0. The largest absolute Gasteiger partial charge is 0.495 e. The Labute approximate surface area is 113 Å². The lowest BCUT2D eigenvalue weighted by molar-refractivity contribution is 0.400. The summed E-state index contributed by atoms with van der Waals surface area (Å²) >= 11 is 0. The monoisotopic (exact) mass is 285 g/mol. The summed E-state index contributed by atoms with van der Waals surface area (Å²) in [6.07, 6.45) is 0.806. The molecule has 1 aromatic carbocycles. The van der Waals surface area contributed by atoms with E-state index < -0.39 is 10.0 Å². The number of benzene rings is 1. The maximum absolute atomic E-state index is 12.4. The summed E-state index contributed by atoms with van der Waals surface area (Å²) < 4.78 is 32.5. The Kier molecular flexibility index (Phi) is 3.98. The van der Waals surface area contributed by atoms with Gasteiger partial charge in [0.25, 0.3) is 0 Å². The summed E-state index contributed by atoms with van der Waals surface area (Å²) in [5, 5.41) is 0. The minimum absolute atomic E-state index is 0.0684. The van der Waals surface area contributed by atoms with Gasteiger partial charge in [-0.2, -0.15) is 0 Å². The molecule has 0 amide bonds. The molecule has 1 aliphatic heterocycles. The molecule has 1 atom stereocenters. The van der Waals surface area contributed by atoms with Crippen LogP contribution in [-0.2, 0) is 10.0 Å². The van der Waals surface area contributed by atoms with Gasteiger partial charge in [-0.1, -0.05) is 0 Å². The fraction of sp³-hybridized carbons (Fsp3) is 0.500. The maximum atomic E-state index is 12.4. The molecule has 0 spiro atoms. The first kappa shape index (κ1) is 14.1. The predicted octanol–water partition coefficient (Wildman–Crippen LogP) is 0.260. The summed E-state index contributed by atoms with van der Waals surface area (Å²) in [7, 11) is -0.208. The van der Waals surface area contributed by atoms with Gasteiger partial charge in [-0.15, -0.1) is 0 Å². The summed E-state index contributed by atoms with van der Waals surface area (Å²) in [6, 6.07) is 4.52. The molecule has 1 saturated heterocycles. The lowest BCUT2D eigenvalue weighted by atomic mass is 10.3. The smallest absolute Gasteiger partial charge is 0.244 e. The minimum atomic E-state index is -3.61. The van der Waals surface area contributed by atoms with Gasteiger partial charge in [-0.3, -0.25) is 0 Å². The average molecular weight is 285 g/mol. The van der Waals surface area contributed by atoms with Gasteiger partial charge in [0, 0.05) is 18.3 Å². The van der Waals surface area contributed by atoms with Crippen molar-refractivity contribution >= 4 is 15.7 Å². The van der Waals surface area contributed by atoms with Gasteiger partial charge < -0.3 is 15.4 Å². The van der Waals surface area contributed by atoms with Gasteiger partial charge in [-0.05, 0) is 38.2 Å². The van der Waals surface area contributed by atoms with Crippen LogP contribution in [0.5, 0.6) is 5.75 Å². The van der Waals surface area contributed by atoms with Crippen LogP contribution in [0.15, 0.2) is 23.1 Å². The molecule has 0 aliphatic carbocycles. The molecule has 0 bridgehead atoms. The number of ether oxygens (including phenoxy) is 1. The number of hydrogen-bond donors (Lipinski definition) is 2. The van der Waals surface area contributed by atoms with Gasteiger partial charge in [0.15, 0.2) is 0 Å². The molecule has 1 aliphatic rings. The highest BCUT2D eigenvalue weighted by molar-refractivity contribution is 7.89. The molecule has 1 heterocycles. The van der Waals surface area contributed by atoms with E-state index in [4.69, 9.17) is 10.5 Å². The third kappa shape index (κ3) is 3.17. The highest BCUT2D eigenvalue weighted by atomic mass is 32.2. The normalized spacial score (nSPS) is 20.6. The molecule has 19 heavy (non-hydrogen) atoms. The van der Waals surface area contributed by atoms with E-state index in [-0.39, 0.29) is 10.9 Å². The summed E-state index contributed by atoms with van der Waals surface area (Å²) in [5.74, 6) is 0.299. The third-order valence-electron chi connectivity index (χ3n) is 3.19. The van der Waals surface area contributed by atoms with Crippen molar-refractivity contribution in [2.75, 3.05) is 33.0 Å². The maximum Gasteiger partial charge on any atom is 0.244 e. The molecule has 1 unspecified atom stereocenters. The number of likely N-dealkylation sites (N-methyl/N-ethyl adjacent to an activating group) is 1. The lowest BCUT2D eigenvalue weighted by Gasteiger charge is -2.15. The van der Waals surface area contributed by atoms with Crippen molar-refractivity contribution in [3.8, 4) is 5.75 Å². The van der Waals surface area contributed by atoms with Crippen molar-refractivity contribution in [2.24, 2.45) is 0 Å². The second kappa shape index (κ2) is 5.36. The summed E-state index contributed by atoms with van der Waals surface area (Å²) in [5.41, 5.74) is 6.05. The molecule has 106 valence electrons. The van der Waals surface area contributed by atoms with Gasteiger partial charge in [0.1, 0.15) is 10.6 Å². The zero-order valence-electron chi connectivity index (χ0n) is 11.1. The number of rotatable bonds is 4. The van der Waals surface area contributed by atoms with Crippen LogP contribution in [-0.4, -0.2) is 46.6 Å². The molecule has 0 radical (unpaired) electrons. The third-order valence-corrected chi connectivity index (χ3v) is 4.73. The molecule has 7 heteroatoms. The second-order valence-electron chi connectivity index (χ2n) is 4.78. The highest BCUT2D eigenvalue weighted by Gasteiger charge is 2.27. The molecule has 6 nitrogen and oxygen atoms in total. The van der Waals surface area contributed by atoms with Crippen LogP contribution >= 0.6 is 0 Å². The van der Waals surface area contributed by atoms with E-state index in [0.29, 0.717) is 18.0 Å². The van der Waals surface area contributed by atoms with Crippen LogP contribution < -0.4 is 15.2 Å². The van der Waals surface area contributed by atoms with Gasteiger partial charge >= 0.3 is 0 Å². The van der Waals surface area contributed by atoms with Crippen LogP contribution in [0, 0.1) is 0 Å². The van der Waals surface area contributed by atoms with Crippen LogP contribution in [0.2, 0.25) is 0 Å². The number of nitrogen functional groups attached to an aromatic ring is 1. The first-order valence-electron chi connectivity index (χ1n) is 6.07. The number of sulfonamides is 1. The van der Waals surface area contributed by atoms with Crippen molar-refractivity contribution in [3.05, 3.63) is 18.2 Å². The van der Waals surface area contributed by atoms with E-state index >= 15 is 0 Å². The van der Waals surface area contributed by atoms with Crippen molar-refractivity contribution in [1.29, 1.82) is 0 Å². The molecule has 1 fully saturated rings. The first-order valence-corrected chi connectivity index (χ1v) is 7.55. The van der Waals surface area contributed by atoms with E-state index in [1.165, 1.54) is 13.2 Å². The molecule has 2 rings (SSSR count). The fourth-order valence-corrected chi connectivity index (χ4v) is 3.68. The van der Waals surface area contributed by atoms with Crippen LogP contribution in [0.4, 0.5) is 5.69 Å². The summed E-state index contributed by atoms with van der Waals surface area (Å²) in [4.78, 5) is 2.17. The van der Waals surface area contributed by atoms with E-state index in [1.807, 2.05) is 7.05 Å². The number of nitrogens with zero attached hydrogens (tertiary/aromatic N) is 1. The quantitative estimate of drug-likeness (QED) is 0.775. The number of nitrogens with one attached hydrogen (secondary N) is 1. The Morgan fingerprint density at radius 2 is 2.21 bits per heavy atom. The van der Waals surface area contributed by atoms with E-state index in [1.54, 1.807) is 12.1 Å². The molecule has 0 saturated carbocycles. The standard InChI is InChI=1S/C12H19N3O3S/c1-15-6-5-10(8-15)14-19(16,17)12-7-9(13)3-4-11(12)18-2/h3-4,7,10,14H,5-6,8,13H2,1-2H3. The number of likely N-dealkylation sites (tertiary alicyclic amines) is 1. The number of nitrogens with two attached hydrogens (primary N) is 1. The Morgan fingerprint density at radius 1 is 1.47 bits per heavy atom. The average Bonchev–Trinajstić information content (AvgIpc) is 2.74. The molecule has 1 aromatic rings. The van der Waals surface area contributed by atoms with Crippen molar-refractivity contribution < 1.29 is 13.2 Å². The number of hydrogen-bond acceptors (Lipinski definition) is 5. The van der Waals surface area contributed by atoms with Gasteiger partial charge in [-0.25, -0.2) is 13.1 Å². The molecule has 3 N–H and O–H groups in total. The number of methoxy groups -OCH3 is 1. The van der Waals surface area contributed by atoms with Crippen molar-refractivity contribution in [3.63, 3.8) is 0 Å². The van der Waals surface area contributed by atoms with Crippen molar-refractivity contribution in [2.45, 2.75) is 17.4 Å². The predicted molar refractivity (Wildman–Crippen MR) is 73.6 cm³/mol. The van der Waals surface area contributed by atoms with E-state index in [0.717, 1.165) is 13.0 Å². The Hall–Kier alpha value is -1.31. The topological polar surface area (TPSA) is 84.7 Å². The highest BCUT2D eigenvalue weighted by Crippen LogP contribution is 2.26. The lowest BCUT2D eigenvalue weighted by Crippen LogP contribution is -2.36. The van der Waals surface area contributed by atoms with E-state index in [9.17, 15) is 8.42 Å². The van der Waals surface area contributed by atoms with Crippen LogP contribution in [0.1, 0.15) is 6.42 Å². The summed E-state index contributed by atoms with van der Waals surface area (Å²) in [6.45, 7) is 1.60. The van der Waals surface area contributed by atoms with E-state index in [2.05, 4.69) is 9.62 Å². The zero-order valence-corrected chi connectivity index (χ0v) is 11.9. The van der Waals surface area contributed by atoms with Crippen LogP contribution in [0.25, 0.3) is 0 Å². The fourth-order valence-electron chi connectivity index (χ4n) is 2.22. The minimum Gasteiger partial charge on any atom is -0.495 e. The van der Waals surface area contributed by atoms with Crippen molar-refractivity contribution in [1.82, 2.24) is 9.62 Å². The molecular weight excluding hydrogens is 266 g/mol. The Morgan fingerprint density at radius 3 is 2.79 bits per heavy atom. The van der Waals surface area contributed by atoms with Crippen LogP contribution in [0.3, 0.4) is 0 Å². The molecule has 0 aromatic heterocycles. The Balaban J connectivity index is 2.26. The van der Waals surface area contributed by atoms with Gasteiger partial charge in [0.05, 0.1) is 7.11 Å².